The van der Waals surface area contributed by atoms with E-state index in [9.17, 15) is 9.59 Å². The van der Waals surface area contributed by atoms with Crippen molar-refractivity contribution in [2.24, 2.45) is 4.99 Å². The van der Waals surface area contributed by atoms with Gasteiger partial charge >= 0.3 is 0 Å². The summed E-state index contributed by atoms with van der Waals surface area (Å²) in [5.74, 6) is -0.139. The summed E-state index contributed by atoms with van der Waals surface area (Å²) >= 11 is 0. The summed E-state index contributed by atoms with van der Waals surface area (Å²) in [6.45, 7) is 7.56. The highest BCUT2D eigenvalue weighted by Crippen LogP contribution is 2.29. The lowest BCUT2D eigenvalue weighted by Crippen LogP contribution is -2.49. The lowest BCUT2D eigenvalue weighted by Gasteiger charge is -2.34. The van der Waals surface area contributed by atoms with E-state index in [2.05, 4.69) is 20.2 Å². The van der Waals surface area contributed by atoms with Gasteiger partial charge in [-0.1, -0.05) is 6.07 Å². The number of piperazine rings is 1. The Balaban J connectivity index is 1.14. The lowest BCUT2D eigenvalue weighted by atomic mass is 10.0. The molecule has 198 valence electrons. The number of pyridine rings is 1. The zero-order valence-corrected chi connectivity index (χ0v) is 21.8. The zero-order valence-electron chi connectivity index (χ0n) is 21.8. The fourth-order valence-corrected chi connectivity index (χ4v) is 5.12. The van der Waals surface area contributed by atoms with Crippen LogP contribution >= 0.6 is 0 Å². The van der Waals surface area contributed by atoms with Gasteiger partial charge in [0.2, 0.25) is 0 Å². The molecule has 0 bridgehead atoms. The van der Waals surface area contributed by atoms with Crippen LogP contribution in [-0.2, 0) is 4.74 Å². The molecule has 9 heteroatoms. The molecule has 0 spiro atoms. The molecular formula is C30H30N6O3. The molecule has 2 aliphatic heterocycles. The van der Waals surface area contributed by atoms with Crippen LogP contribution in [0, 0.1) is 0 Å². The Hall–Kier alpha value is -4.34. The van der Waals surface area contributed by atoms with Gasteiger partial charge in [-0.2, -0.15) is 0 Å². The van der Waals surface area contributed by atoms with Crippen LogP contribution in [0.2, 0.25) is 0 Å². The molecule has 2 aromatic heterocycles. The van der Waals surface area contributed by atoms with Crippen molar-refractivity contribution in [1.82, 2.24) is 19.2 Å². The molecule has 1 saturated heterocycles. The number of nitrogens with one attached hydrogen (secondary N) is 1. The predicted molar refractivity (Wildman–Crippen MR) is 151 cm³/mol. The number of amides is 2. The van der Waals surface area contributed by atoms with E-state index >= 15 is 0 Å². The third kappa shape index (κ3) is 5.06. The molecule has 2 aliphatic rings. The summed E-state index contributed by atoms with van der Waals surface area (Å²) in [7, 11) is 0. The Kier molecular flexibility index (Phi) is 6.91. The Morgan fingerprint density at radius 1 is 1.03 bits per heavy atom. The average Bonchev–Trinajstić information content (AvgIpc) is 3.61. The molecule has 1 N–H and O–H groups in total. The van der Waals surface area contributed by atoms with Crippen LogP contribution in [0.5, 0.6) is 0 Å². The molecule has 0 aliphatic carbocycles. The van der Waals surface area contributed by atoms with Gasteiger partial charge in [0.05, 0.1) is 23.6 Å². The highest BCUT2D eigenvalue weighted by Gasteiger charge is 2.22. The van der Waals surface area contributed by atoms with Gasteiger partial charge in [0, 0.05) is 74.8 Å². The normalized spacial score (nSPS) is 15.2. The molecule has 39 heavy (non-hydrogen) atoms. The second-order valence-corrected chi connectivity index (χ2v) is 9.65. The highest BCUT2D eigenvalue weighted by atomic mass is 16.5. The highest BCUT2D eigenvalue weighted by molar-refractivity contribution is 6.13. The molecule has 0 saturated carbocycles. The van der Waals surface area contributed by atoms with Crippen molar-refractivity contribution < 1.29 is 14.3 Å². The number of rotatable bonds is 8. The first-order valence-electron chi connectivity index (χ1n) is 13.3. The maximum Gasteiger partial charge on any atom is 0.277 e. The zero-order chi connectivity index (χ0) is 26.8. The maximum atomic E-state index is 13.1. The van der Waals surface area contributed by atoms with E-state index in [-0.39, 0.29) is 11.8 Å². The van der Waals surface area contributed by atoms with Gasteiger partial charge in [0.25, 0.3) is 11.8 Å². The SMILES string of the molecule is CCOCCN1CCN(C(=O)c2ccc(Nc3ccc(-c4ccc5c(c4)C=NC5=O)n4ccnc34)cc2)CC1. The first-order valence-corrected chi connectivity index (χ1v) is 13.3. The van der Waals surface area contributed by atoms with Crippen LogP contribution in [-0.4, -0.2) is 83.2 Å². The van der Waals surface area contributed by atoms with E-state index in [4.69, 9.17) is 4.74 Å². The van der Waals surface area contributed by atoms with Crippen LogP contribution in [0.15, 0.2) is 72.0 Å². The molecule has 2 amide bonds. The first-order chi connectivity index (χ1) is 19.1. The molecule has 9 nitrogen and oxygen atoms in total. The van der Waals surface area contributed by atoms with Crippen molar-refractivity contribution in [3.8, 4) is 11.3 Å². The van der Waals surface area contributed by atoms with Crippen LogP contribution in [0.1, 0.15) is 33.2 Å². The van der Waals surface area contributed by atoms with E-state index in [1.165, 1.54) is 0 Å². The van der Waals surface area contributed by atoms with Crippen molar-refractivity contribution in [1.29, 1.82) is 0 Å². The number of carbonyl (C=O) groups is 2. The van der Waals surface area contributed by atoms with Crippen LogP contribution in [0.4, 0.5) is 11.4 Å². The minimum atomic E-state index is -0.201. The smallest absolute Gasteiger partial charge is 0.277 e. The van der Waals surface area contributed by atoms with Gasteiger partial charge in [0.15, 0.2) is 5.65 Å². The Bertz CT molecular complexity index is 1550. The fourth-order valence-electron chi connectivity index (χ4n) is 5.12. The van der Waals surface area contributed by atoms with Gasteiger partial charge in [-0.3, -0.25) is 18.9 Å². The van der Waals surface area contributed by atoms with Crippen molar-refractivity contribution in [2.75, 3.05) is 51.3 Å². The van der Waals surface area contributed by atoms with Crippen LogP contribution < -0.4 is 5.32 Å². The minimum Gasteiger partial charge on any atom is -0.380 e. The standard InChI is InChI=1S/C30H30N6O3/c1-2-39-18-17-34-13-15-35(16-14-34)30(38)21-3-6-24(7-4-21)33-26-9-10-27(36-12-11-31-28(26)36)22-5-8-25-23(19-22)20-32-29(25)37/h3-12,19-20,33H,2,13-18H2,1H3. The second kappa shape index (κ2) is 10.8. The van der Waals surface area contributed by atoms with Crippen molar-refractivity contribution in [3.05, 3.63) is 83.7 Å². The summed E-state index contributed by atoms with van der Waals surface area (Å²) in [4.78, 5) is 37.6. The van der Waals surface area contributed by atoms with E-state index in [1.54, 1.807) is 12.4 Å². The molecule has 0 unspecified atom stereocenters. The third-order valence-corrected chi connectivity index (χ3v) is 7.27. The van der Waals surface area contributed by atoms with E-state index in [0.717, 1.165) is 79.8 Å². The Morgan fingerprint density at radius 3 is 2.64 bits per heavy atom. The summed E-state index contributed by atoms with van der Waals surface area (Å²) in [5, 5.41) is 3.44. The van der Waals surface area contributed by atoms with Crippen molar-refractivity contribution >= 4 is 35.1 Å². The van der Waals surface area contributed by atoms with Gasteiger partial charge in [-0.25, -0.2) is 9.98 Å². The minimum absolute atomic E-state index is 0.0621. The molecule has 4 aromatic rings. The number of hydrogen-bond donors (Lipinski definition) is 1. The Labute approximate surface area is 226 Å². The van der Waals surface area contributed by atoms with Crippen molar-refractivity contribution in [2.45, 2.75) is 6.92 Å². The predicted octanol–water partition coefficient (Wildman–Crippen LogP) is 4.11. The van der Waals surface area contributed by atoms with Gasteiger partial charge < -0.3 is 15.0 Å². The summed E-state index contributed by atoms with van der Waals surface area (Å²) < 4.78 is 7.47. The van der Waals surface area contributed by atoms with E-state index in [1.807, 2.05) is 77.0 Å². The molecule has 4 heterocycles. The number of benzene rings is 2. The molecule has 2 aromatic carbocycles. The molecule has 0 radical (unpaired) electrons. The van der Waals surface area contributed by atoms with Gasteiger partial charge in [-0.05, 0) is 61.0 Å². The van der Waals surface area contributed by atoms with Gasteiger partial charge in [0.1, 0.15) is 0 Å². The average molecular weight is 523 g/mol. The molecular weight excluding hydrogens is 492 g/mol. The summed E-state index contributed by atoms with van der Waals surface area (Å²) in [6, 6.07) is 17.3. The number of aromatic nitrogens is 2. The fraction of sp³-hybridized carbons (Fsp3) is 0.267. The monoisotopic (exact) mass is 522 g/mol. The largest absolute Gasteiger partial charge is 0.380 e. The number of carbonyl (C=O) groups excluding carboxylic acids is 2. The first kappa shape index (κ1) is 25.0. The van der Waals surface area contributed by atoms with Gasteiger partial charge in [-0.15, -0.1) is 0 Å². The maximum absolute atomic E-state index is 13.1. The number of imidazole rings is 1. The molecule has 6 rings (SSSR count). The van der Waals surface area contributed by atoms with E-state index < -0.39 is 0 Å². The lowest BCUT2D eigenvalue weighted by molar-refractivity contribution is 0.0565. The van der Waals surface area contributed by atoms with Crippen LogP contribution in [0.25, 0.3) is 16.9 Å². The van der Waals surface area contributed by atoms with Crippen molar-refractivity contribution in [3.63, 3.8) is 0 Å². The number of anilines is 2. The number of aliphatic imine (C=N–C) groups is 1. The third-order valence-electron chi connectivity index (χ3n) is 7.27. The van der Waals surface area contributed by atoms with Crippen LogP contribution in [0.3, 0.4) is 0 Å². The number of hydrogen-bond acceptors (Lipinski definition) is 6. The number of fused-ring (bicyclic) bond motifs is 2. The number of ether oxygens (including phenoxy) is 1. The topological polar surface area (TPSA) is 91.5 Å². The Morgan fingerprint density at radius 2 is 1.85 bits per heavy atom. The second-order valence-electron chi connectivity index (χ2n) is 9.65. The molecule has 0 atom stereocenters. The summed E-state index contributed by atoms with van der Waals surface area (Å²) in [6.07, 6.45) is 5.29. The number of nitrogens with zero attached hydrogens (tertiary/aromatic N) is 5. The quantitative estimate of drug-likeness (QED) is 0.350. The molecule has 1 fully saturated rings. The van der Waals surface area contributed by atoms with E-state index in [0.29, 0.717) is 11.1 Å². The summed E-state index contributed by atoms with van der Waals surface area (Å²) in [5.41, 5.74) is 6.57.